The van der Waals surface area contributed by atoms with Crippen molar-refractivity contribution in [3.8, 4) is 11.3 Å². The molecule has 2 atom stereocenters. The number of benzene rings is 1. The number of pyridine rings is 1. The van der Waals surface area contributed by atoms with E-state index in [1.54, 1.807) is 17.0 Å². The average molecular weight is 432 g/mol. The van der Waals surface area contributed by atoms with Crippen LogP contribution in [-0.2, 0) is 0 Å². The van der Waals surface area contributed by atoms with Gasteiger partial charge >= 0.3 is 0 Å². The first kappa shape index (κ1) is 20.5. The van der Waals surface area contributed by atoms with Gasteiger partial charge in [-0.1, -0.05) is 18.2 Å². The second-order valence-corrected chi connectivity index (χ2v) is 8.80. The Kier molecular flexibility index (Phi) is 5.12. The van der Waals surface area contributed by atoms with Gasteiger partial charge in [0.15, 0.2) is 0 Å². The molecule has 2 aliphatic rings. The summed E-state index contributed by atoms with van der Waals surface area (Å²) in [7, 11) is 0. The molecule has 6 nitrogen and oxygen atoms in total. The molecular weight excluding hydrogens is 405 g/mol. The number of anilines is 1. The molecule has 0 spiro atoms. The lowest BCUT2D eigenvalue weighted by Gasteiger charge is -2.53. The van der Waals surface area contributed by atoms with Gasteiger partial charge in [-0.05, 0) is 51.5 Å². The molecule has 0 unspecified atom stereocenters. The third kappa shape index (κ3) is 3.61. The predicted octanol–water partition coefficient (Wildman–Crippen LogP) is 3.95. The first-order valence-electron chi connectivity index (χ1n) is 11.0. The summed E-state index contributed by atoms with van der Waals surface area (Å²) in [6.07, 6.45) is 0.893. The van der Waals surface area contributed by atoms with Crippen LogP contribution in [0.5, 0.6) is 0 Å². The Morgan fingerprint density at radius 3 is 2.47 bits per heavy atom. The van der Waals surface area contributed by atoms with Gasteiger partial charge in [-0.2, -0.15) is 0 Å². The van der Waals surface area contributed by atoms with E-state index in [0.717, 1.165) is 30.0 Å². The smallest absolute Gasteiger partial charge is 0.257 e. The fourth-order valence-electron chi connectivity index (χ4n) is 4.85. The van der Waals surface area contributed by atoms with E-state index in [-0.39, 0.29) is 17.5 Å². The molecule has 2 saturated heterocycles. The average Bonchev–Trinajstić information content (AvgIpc) is 2.73. The maximum Gasteiger partial charge on any atom is 0.257 e. The van der Waals surface area contributed by atoms with Crippen LogP contribution in [0.15, 0.2) is 42.5 Å². The zero-order chi connectivity index (χ0) is 22.4. The molecule has 0 bridgehead atoms. The lowest BCUT2D eigenvalue weighted by atomic mass is 9.82. The Hall–Kier alpha value is -3.35. The van der Waals surface area contributed by atoms with Crippen molar-refractivity contribution < 1.29 is 9.18 Å². The zero-order valence-corrected chi connectivity index (χ0v) is 18.5. The lowest BCUT2D eigenvalue weighted by Crippen LogP contribution is -2.65. The third-order valence-corrected chi connectivity index (χ3v) is 6.46. The number of carbonyl (C=O) groups is 1. The monoisotopic (exact) mass is 431 g/mol. The highest BCUT2D eigenvalue weighted by molar-refractivity contribution is 6.01. The van der Waals surface area contributed by atoms with Crippen LogP contribution in [0.3, 0.4) is 0 Å². The summed E-state index contributed by atoms with van der Waals surface area (Å²) in [6.45, 7) is 7.87. The molecule has 32 heavy (non-hydrogen) atoms. The summed E-state index contributed by atoms with van der Waals surface area (Å²) < 4.78 is 15.0. The van der Waals surface area contributed by atoms with Crippen molar-refractivity contribution >= 4 is 11.9 Å². The van der Waals surface area contributed by atoms with Gasteiger partial charge in [0, 0.05) is 48.2 Å². The summed E-state index contributed by atoms with van der Waals surface area (Å²) in [5.74, 6) is 0.421. The zero-order valence-electron chi connectivity index (χ0n) is 18.5. The number of hydrogen-bond acceptors (Lipinski definition) is 5. The van der Waals surface area contributed by atoms with Gasteiger partial charge in [0.1, 0.15) is 5.82 Å². The number of piperidine rings is 1. The molecule has 2 aliphatic heterocycles. The molecule has 5 rings (SSSR count). The lowest BCUT2D eigenvalue weighted by molar-refractivity contribution is 0.0585. The first-order valence-corrected chi connectivity index (χ1v) is 11.0. The number of halogens is 1. The maximum atomic E-state index is 15.0. The minimum Gasteiger partial charge on any atom is -0.336 e. The number of rotatable bonds is 3. The molecule has 0 N–H and O–H groups in total. The molecule has 7 heteroatoms. The number of amides is 1. The predicted molar refractivity (Wildman–Crippen MR) is 121 cm³/mol. The van der Waals surface area contributed by atoms with E-state index in [0.29, 0.717) is 36.2 Å². The van der Waals surface area contributed by atoms with Crippen LogP contribution in [0.25, 0.3) is 11.3 Å². The fraction of sp³-hybridized carbons (Fsp3) is 0.360. The molecule has 0 aliphatic carbocycles. The van der Waals surface area contributed by atoms with Crippen molar-refractivity contribution in [3.63, 3.8) is 0 Å². The van der Waals surface area contributed by atoms with E-state index >= 15 is 0 Å². The van der Waals surface area contributed by atoms with Crippen LogP contribution in [0.2, 0.25) is 0 Å². The van der Waals surface area contributed by atoms with E-state index < -0.39 is 5.82 Å². The number of aryl methyl sites for hydroxylation is 3. The van der Waals surface area contributed by atoms with Gasteiger partial charge in [-0.3, -0.25) is 9.78 Å². The number of hydrogen-bond donors (Lipinski definition) is 0. The summed E-state index contributed by atoms with van der Waals surface area (Å²) in [6, 6.07) is 12.4. The molecule has 164 valence electrons. The second-order valence-electron chi connectivity index (χ2n) is 8.80. The van der Waals surface area contributed by atoms with E-state index in [4.69, 9.17) is 0 Å². The molecule has 2 aromatic heterocycles. The molecule has 1 aromatic carbocycles. The van der Waals surface area contributed by atoms with E-state index in [1.165, 1.54) is 6.07 Å². The van der Waals surface area contributed by atoms with Gasteiger partial charge in [0.05, 0.1) is 17.3 Å². The molecule has 3 aromatic rings. The van der Waals surface area contributed by atoms with E-state index in [2.05, 4.69) is 19.9 Å². The number of likely N-dealkylation sites (tertiary alicyclic amines) is 1. The van der Waals surface area contributed by atoms with Crippen molar-refractivity contribution in [2.75, 3.05) is 24.5 Å². The standard InChI is InChI=1S/C25H26FN5O/c1-15-6-4-9-21(27-15)19-7-5-8-20(26)23(19)24(32)30-11-10-18-13-31(22(18)14-30)25-28-16(2)12-17(3)29-25/h4-9,12,18,22H,10-11,13-14H2,1-3H3/t18-,22-/m0/s1. The second kappa shape index (κ2) is 7.97. The van der Waals surface area contributed by atoms with Crippen LogP contribution in [0.4, 0.5) is 10.3 Å². The summed E-state index contributed by atoms with van der Waals surface area (Å²) in [5.41, 5.74) is 3.92. The Bertz CT molecular complexity index is 1180. The van der Waals surface area contributed by atoms with Gasteiger partial charge in [-0.15, -0.1) is 0 Å². The van der Waals surface area contributed by atoms with Gasteiger partial charge < -0.3 is 9.80 Å². The van der Waals surface area contributed by atoms with Crippen LogP contribution in [0.1, 0.15) is 33.9 Å². The minimum absolute atomic E-state index is 0.0950. The first-order chi connectivity index (χ1) is 15.4. The van der Waals surface area contributed by atoms with Crippen LogP contribution in [0, 0.1) is 32.5 Å². The SMILES string of the molecule is Cc1cccc(-c2cccc(F)c2C(=O)N2CC[C@H]3CN(c4nc(C)cc(C)n4)[C@H]3C2)n1. The topological polar surface area (TPSA) is 62.2 Å². The van der Waals surface area contributed by atoms with E-state index in [1.807, 2.05) is 45.0 Å². The van der Waals surface area contributed by atoms with Gasteiger partial charge in [0.25, 0.3) is 5.91 Å². The Balaban J connectivity index is 1.42. The molecule has 0 radical (unpaired) electrons. The van der Waals surface area contributed by atoms with Crippen molar-refractivity contribution in [2.45, 2.75) is 33.2 Å². The quantitative estimate of drug-likeness (QED) is 0.628. The Labute approximate surface area is 187 Å². The normalized spacial score (nSPS) is 20.0. The minimum atomic E-state index is -0.513. The van der Waals surface area contributed by atoms with Crippen molar-refractivity contribution in [1.29, 1.82) is 0 Å². The third-order valence-electron chi connectivity index (χ3n) is 6.46. The van der Waals surface area contributed by atoms with Crippen molar-refractivity contribution in [1.82, 2.24) is 19.9 Å². The number of nitrogens with zero attached hydrogens (tertiary/aromatic N) is 5. The highest BCUT2D eigenvalue weighted by Crippen LogP contribution is 2.36. The molecule has 2 fully saturated rings. The number of fused-ring (bicyclic) bond motifs is 1. The van der Waals surface area contributed by atoms with Gasteiger partial charge in [-0.25, -0.2) is 14.4 Å². The van der Waals surface area contributed by atoms with Crippen LogP contribution >= 0.6 is 0 Å². The molecular formula is C25H26FN5O. The Morgan fingerprint density at radius 2 is 1.72 bits per heavy atom. The fourth-order valence-corrected chi connectivity index (χ4v) is 4.85. The Morgan fingerprint density at radius 1 is 0.969 bits per heavy atom. The van der Waals surface area contributed by atoms with Crippen LogP contribution in [-0.4, -0.2) is 51.4 Å². The summed E-state index contributed by atoms with van der Waals surface area (Å²) in [4.78, 5) is 31.2. The summed E-state index contributed by atoms with van der Waals surface area (Å²) >= 11 is 0. The van der Waals surface area contributed by atoms with Crippen LogP contribution < -0.4 is 4.90 Å². The summed E-state index contributed by atoms with van der Waals surface area (Å²) in [5, 5.41) is 0. The van der Waals surface area contributed by atoms with Crippen molar-refractivity contribution in [3.05, 3.63) is 70.9 Å². The van der Waals surface area contributed by atoms with Crippen molar-refractivity contribution in [2.24, 2.45) is 5.92 Å². The highest BCUT2D eigenvalue weighted by atomic mass is 19.1. The molecule has 0 saturated carbocycles. The number of carbonyl (C=O) groups excluding carboxylic acids is 1. The maximum absolute atomic E-state index is 15.0. The highest BCUT2D eigenvalue weighted by Gasteiger charge is 2.45. The van der Waals surface area contributed by atoms with Gasteiger partial charge in [0.2, 0.25) is 5.95 Å². The molecule has 1 amide bonds. The van der Waals surface area contributed by atoms with E-state index in [9.17, 15) is 9.18 Å². The largest absolute Gasteiger partial charge is 0.336 e. The molecule has 4 heterocycles. The number of aromatic nitrogens is 3.